The molecular weight excluding hydrogens is 396 g/mol. The first-order chi connectivity index (χ1) is 15.7. The number of methoxy groups -OCH3 is 1. The molecule has 0 aromatic heterocycles. The summed E-state index contributed by atoms with van der Waals surface area (Å²) in [5.74, 6) is 0.713. The highest BCUT2D eigenvalue weighted by molar-refractivity contribution is 6.24. The van der Waals surface area contributed by atoms with Gasteiger partial charge in [-0.15, -0.1) is 0 Å². The van der Waals surface area contributed by atoms with Crippen molar-refractivity contribution in [1.29, 1.82) is 0 Å². The zero-order valence-corrected chi connectivity index (χ0v) is 18.6. The first-order valence-corrected chi connectivity index (χ1v) is 11.2. The summed E-state index contributed by atoms with van der Waals surface area (Å²) in [7, 11) is 1.65. The number of hydrogen-bond donors (Lipinski definition) is 1. The van der Waals surface area contributed by atoms with E-state index in [0.717, 1.165) is 36.5 Å². The molecule has 4 heteroatoms. The quantitative estimate of drug-likeness (QED) is 0.400. The van der Waals surface area contributed by atoms with Crippen LogP contribution in [0.2, 0.25) is 0 Å². The third kappa shape index (κ3) is 5.65. The third-order valence-electron chi connectivity index (χ3n) is 5.91. The molecule has 0 saturated carbocycles. The van der Waals surface area contributed by atoms with Gasteiger partial charge in [0.2, 0.25) is 0 Å². The van der Waals surface area contributed by atoms with Gasteiger partial charge in [0.25, 0.3) is 5.91 Å². The topological polar surface area (TPSA) is 41.6 Å². The van der Waals surface area contributed by atoms with Crippen LogP contribution in [0.5, 0.6) is 5.75 Å². The van der Waals surface area contributed by atoms with Crippen molar-refractivity contribution in [3.63, 3.8) is 0 Å². The van der Waals surface area contributed by atoms with E-state index < -0.39 is 0 Å². The molecule has 3 aromatic carbocycles. The molecule has 1 aliphatic heterocycles. The average Bonchev–Trinajstić information content (AvgIpc) is 3.36. The fourth-order valence-electron chi connectivity index (χ4n) is 4.10. The molecule has 1 amide bonds. The Balaban J connectivity index is 1.52. The Hall–Kier alpha value is -3.37. The summed E-state index contributed by atoms with van der Waals surface area (Å²) in [6.07, 6.45) is 4.48. The van der Waals surface area contributed by atoms with Crippen LogP contribution in [0.15, 0.2) is 78.9 Å². The van der Waals surface area contributed by atoms with Gasteiger partial charge in [0.05, 0.1) is 7.11 Å². The van der Waals surface area contributed by atoms with Crippen molar-refractivity contribution in [3.05, 3.63) is 101 Å². The second kappa shape index (κ2) is 10.8. The highest BCUT2D eigenvalue weighted by atomic mass is 16.5. The molecule has 0 radical (unpaired) electrons. The number of likely N-dealkylation sites (tertiary alicyclic amines) is 1. The number of nitrogens with zero attached hydrogens (tertiary/aromatic N) is 1. The van der Waals surface area contributed by atoms with E-state index in [4.69, 9.17) is 4.74 Å². The number of amides is 1. The van der Waals surface area contributed by atoms with Crippen molar-refractivity contribution in [2.24, 2.45) is 0 Å². The maximum Gasteiger partial charge on any atom is 0.252 e. The van der Waals surface area contributed by atoms with Crippen LogP contribution in [0, 0.1) is 0 Å². The van der Waals surface area contributed by atoms with Crippen molar-refractivity contribution in [2.45, 2.75) is 25.9 Å². The van der Waals surface area contributed by atoms with Crippen LogP contribution in [-0.4, -0.2) is 31.0 Å². The normalized spacial score (nSPS) is 14.3. The molecule has 0 spiro atoms. The lowest BCUT2D eigenvalue weighted by atomic mass is 10.0. The Morgan fingerprint density at radius 3 is 2.25 bits per heavy atom. The van der Waals surface area contributed by atoms with Crippen LogP contribution in [0.3, 0.4) is 0 Å². The minimum atomic E-state index is -0.0806. The van der Waals surface area contributed by atoms with E-state index in [1.54, 1.807) is 7.11 Å². The fourth-order valence-corrected chi connectivity index (χ4v) is 4.10. The van der Waals surface area contributed by atoms with Gasteiger partial charge in [0, 0.05) is 18.7 Å². The molecule has 1 N–H and O–H groups in total. The van der Waals surface area contributed by atoms with Crippen LogP contribution < -0.4 is 10.1 Å². The molecule has 1 fully saturated rings. The SMILES string of the molecule is COc1ccc(/C=C(/C(=O)NCc2ccccc2CN2CCCC2)c2ccccc2)cc1. The molecule has 3 aromatic rings. The van der Waals surface area contributed by atoms with Crippen LogP contribution in [0.4, 0.5) is 0 Å². The minimum absolute atomic E-state index is 0.0806. The molecule has 0 unspecified atom stereocenters. The van der Waals surface area contributed by atoms with Gasteiger partial charge in [-0.1, -0.05) is 66.7 Å². The van der Waals surface area contributed by atoms with Gasteiger partial charge in [-0.3, -0.25) is 9.69 Å². The Bertz CT molecular complexity index is 1050. The van der Waals surface area contributed by atoms with Crippen molar-refractivity contribution in [2.75, 3.05) is 20.2 Å². The van der Waals surface area contributed by atoms with Crippen molar-refractivity contribution in [1.82, 2.24) is 10.2 Å². The van der Waals surface area contributed by atoms with E-state index in [2.05, 4.69) is 28.4 Å². The number of ether oxygens (including phenoxy) is 1. The predicted molar refractivity (Wildman–Crippen MR) is 130 cm³/mol. The lowest BCUT2D eigenvalue weighted by Crippen LogP contribution is -2.25. The van der Waals surface area contributed by atoms with E-state index in [0.29, 0.717) is 12.1 Å². The summed E-state index contributed by atoms with van der Waals surface area (Å²) in [4.78, 5) is 15.8. The summed E-state index contributed by atoms with van der Waals surface area (Å²) < 4.78 is 5.25. The summed E-state index contributed by atoms with van der Waals surface area (Å²) in [5.41, 5.74) is 4.95. The molecule has 0 atom stereocenters. The average molecular weight is 427 g/mol. The van der Waals surface area contributed by atoms with Gasteiger partial charge in [-0.2, -0.15) is 0 Å². The molecule has 0 aliphatic carbocycles. The van der Waals surface area contributed by atoms with E-state index in [9.17, 15) is 4.79 Å². The van der Waals surface area contributed by atoms with Crippen LogP contribution in [0.1, 0.15) is 35.1 Å². The number of nitrogens with one attached hydrogen (secondary N) is 1. The first kappa shape index (κ1) is 21.8. The molecular formula is C28H30N2O2. The number of carbonyl (C=O) groups is 1. The Morgan fingerprint density at radius 1 is 0.906 bits per heavy atom. The smallest absolute Gasteiger partial charge is 0.252 e. The molecule has 32 heavy (non-hydrogen) atoms. The monoisotopic (exact) mass is 426 g/mol. The summed E-state index contributed by atoms with van der Waals surface area (Å²) in [6, 6.07) is 25.9. The largest absolute Gasteiger partial charge is 0.497 e. The molecule has 4 nitrogen and oxygen atoms in total. The molecule has 1 heterocycles. The molecule has 1 saturated heterocycles. The van der Waals surface area contributed by atoms with Crippen molar-refractivity contribution >= 4 is 17.6 Å². The lowest BCUT2D eigenvalue weighted by molar-refractivity contribution is -0.115. The van der Waals surface area contributed by atoms with Crippen molar-refractivity contribution in [3.8, 4) is 5.75 Å². The second-order valence-corrected chi connectivity index (χ2v) is 8.13. The molecule has 164 valence electrons. The van der Waals surface area contributed by atoms with E-state index >= 15 is 0 Å². The van der Waals surface area contributed by atoms with Gasteiger partial charge in [0.1, 0.15) is 5.75 Å². The van der Waals surface area contributed by atoms with Crippen LogP contribution >= 0.6 is 0 Å². The van der Waals surface area contributed by atoms with E-state index in [1.807, 2.05) is 66.7 Å². The van der Waals surface area contributed by atoms with E-state index in [-0.39, 0.29) is 5.91 Å². The summed E-state index contributed by atoms with van der Waals surface area (Å²) >= 11 is 0. The van der Waals surface area contributed by atoms with Crippen LogP contribution in [0.25, 0.3) is 11.6 Å². The maximum absolute atomic E-state index is 13.3. The van der Waals surface area contributed by atoms with Gasteiger partial charge < -0.3 is 10.1 Å². The Kier molecular flexibility index (Phi) is 7.36. The van der Waals surface area contributed by atoms with Gasteiger partial charge in [0.15, 0.2) is 0 Å². The Morgan fingerprint density at radius 2 is 1.56 bits per heavy atom. The lowest BCUT2D eigenvalue weighted by Gasteiger charge is -2.18. The van der Waals surface area contributed by atoms with E-state index in [1.165, 1.54) is 24.0 Å². The standard InChI is InChI=1S/C28H30N2O2/c1-32-26-15-13-22(14-16-26)19-27(23-9-3-2-4-10-23)28(31)29-20-24-11-5-6-12-25(24)21-30-17-7-8-18-30/h2-6,9-16,19H,7-8,17-18,20-21H2,1H3,(H,29,31)/b27-19+. The predicted octanol–water partition coefficient (Wildman–Crippen LogP) is 5.15. The minimum Gasteiger partial charge on any atom is -0.497 e. The molecule has 1 aliphatic rings. The summed E-state index contributed by atoms with van der Waals surface area (Å²) in [5, 5.41) is 3.16. The van der Waals surface area contributed by atoms with Crippen LogP contribution in [-0.2, 0) is 17.9 Å². The zero-order chi connectivity index (χ0) is 22.2. The first-order valence-electron chi connectivity index (χ1n) is 11.2. The number of hydrogen-bond acceptors (Lipinski definition) is 3. The van der Waals surface area contributed by atoms with Crippen molar-refractivity contribution < 1.29 is 9.53 Å². The summed E-state index contributed by atoms with van der Waals surface area (Å²) in [6.45, 7) is 3.77. The fraction of sp³-hybridized carbons (Fsp3) is 0.250. The Labute approximate surface area is 190 Å². The third-order valence-corrected chi connectivity index (χ3v) is 5.91. The maximum atomic E-state index is 13.3. The number of carbonyl (C=O) groups excluding carboxylic acids is 1. The highest BCUT2D eigenvalue weighted by Gasteiger charge is 2.15. The molecule has 0 bridgehead atoms. The zero-order valence-electron chi connectivity index (χ0n) is 18.6. The van der Waals surface area contributed by atoms with Gasteiger partial charge in [-0.05, 0) is 66.4 Å². The van der Waals surface area contributed by atoms with Gasteiger partial charge in [-0.25, -0.2) is 0 Å². The second-order valence-electron chi connectivity index (χ2n) is 8.13. The molecule has 4 rings (SSSR count). The number of rotatable bonds is 8. The highest BCUT2D eigenvalue weighted by Crippen LogP contribution is 2.21. The van der Waals surface area contributed by atoms with Gasteiger partial charge >= 0.3 is 0 Å². The number of benzene rings is 3.